The van der Waals surface area contributed by atoms with E-state index in [0.29, 0.717) is 24.8 Å². The number of hydrogen-bond donors (Lipinski definition) is 1. The maximum Gasteiger partial charge on any atom is 0.261 e. The first kappa shape index (κ1) is 20.2. The monoisotopic (exact) mass is 430 g/mol. The van der Waals surface area contributed by atoms with Crippen molar-refractivity contribution in [2.45, 2.75) is 6.10 Å². The lowest BCUT2D eigenvalue weighted by molar-refractivity contribution is -0.0202. The Morgan fingerprint density at radius 1 is 1.28 bits per heavy atom. The molecule has 2 aromatic carbocycles. The molecule has 0 radical (unpaired) electrons. The number of rotatable bonds is 6. The van der Waals surface area contributed by atoms with Crippen LogP contribution in [0.15, 0.2) is 48.5 Å². The number of amides is 1. The third kappa shape index (κ3) is 4.73. The molecule has 0 unspecified atom stereocenters. The molecular formula is C22H23ClN2O3S. The summed E-state index contributed by atoms with van der Waals surface area (Å²) < 4.78 is 12.8. The summed E-state index contributed by atoms with van der Waals surface area (Å²) in [7, 11) is 2.08. The molecule has 0 spiro atoms. The average Bonchev–Trinajstić information content (AvgIpc) is 3.12. The summed E-state index contributed by atoms with van der Waals surface area (Å²) >= 11 is 7.40. The molecule has 5 nitrogen and oxygen atoms in total. The SMILES string of the molecule is CN1CCO[C@@H](c2c(C(=O)NCCOc3ccc(Cl)cc3)sc3ccccc23)C1. The van der Waals surface area contributed by atoms with Gasteiger partial charge in [0.2, 0.25) is 0 Å². The number of ether oxygens (including phenoxy) is 2. The van der Waals surface area contributed by atoms with Crippen LogP contribution in [-0.2, 0) is 4.74 Å². The molecule has 2 heterocycles. The Labute approximate surface area is 179 Å². The second-order valence-electron chi connectivity index (χ2n) is 7.02. The highest BCUT2D eigenvalue weighted by Gasteiger charge is 2.28. The number of benzene rings is 2. The van der Waals surface area contributed by atoms with Crippen molar-refractivity contribution >= 4 is 38.9 Å². The molecule has 1 aliphatic heterocycles. The van der Waals surface area contributed by atoms with Gasteiger partial charge in [0.1, 0.15) is 12.4 Å². The van der Waals surface area contributed by atoms with Gasteiger partial charge in [-0.1, -0.05) is 29.8 Å². The van der Waals surface area contributed by atoms with Crippen molar-refractivity contribution in [1.29, 1.82) is 0 Å². The van der Waals surface area contributed by atoms with Crippen LogP contribution in [0.1, 0.15) is 21.3 Å². The number of likely N-dealkylation sites (N-methyl/N-ethyl adjacent to an activating group) is 1. The first-order valence-corrected chi connectivity index (χ1v) is 10.8. The standard InChI is InChI=1S/C22H23ClN2O3S/c1-25-11-13-28-18(14-25)20-17-4-2-3-5-19(17)29-21(20)22(26)24-10-12-27-16-8-6-15(23)7-9-16/h2-9,18H,10-14H2,1H3,(H,24,26)/t18-/m1/s1. The number of nitrogens with zero attached hydrogens (tertiary/aromatic N) is 1. The van der Waals surface area contributed by atoms with Gasteiger partial charge in [0.05, 0.1) is 24.1 Å². The van der Waals surface area contributed by atoms with Crippen LogP contribution in [0.2, 0.25) is 5.02 Å². The molecule has 152 valence electrons. The Kier molecular flexibility index (Phi) is 6.35. The highest BCUT2D eigenvalue weighted by atomic mass is 35.5. The quantitative estimate of drug-likeness (QED) is 0.590. The van der Waals surface area contributed by atoms with Crippen LogP contribution in [-0.4, -0.2) is 50.7 Å². The van der Waals surface area contributed by atoms with E-state index >= 15 is 0 Å². The van der Waals surface area contributed by atoms with Gasteiger partial charge < -0.3 is 19.7 Å². The number of halogens is 1. The smallest absolute Gasteiger partial charge is 0.261 e. The lowest BCUT2D eigenvalue weighted by Crippen LogP contribution is -2.36. The number of hydrogen-bond acceptors (Lipinski definition) is 5. The van der Waals surface area contributed by atoms with E-state index in [-0.39, 0.29) is 12.0 Å². The molecule has 1 aromatic heterocycles. The maximum absolute atomic E-state index is 13.0. The first-order chi connectivity index (χ1) is 14.1. The zero-order valence-corrected chi connectivity index (χ0v) is 17.8. The molecular weight excluding hydrogens is 408 g/mol. The van der Waals surface area contributed by atoms with Gasteiger partial charge >= 0.3 is 0 Å². The Morgan fingerprint density at radius 2 is 2.07 bits per heavy atom. The Bertz CT molecular complexity index is 989. The zero-order valence-electron chi connectivity index (χ0n) is 16.2. The summed E-state index contributed by atoms with van der Waals surface area (Å²) in [6.45, 7) is 3.15. The minimum atomic E-state index is -0.101. The maximum atomic E-state index is 13.0. The van der Waals surface area contributed by atoms with Crippen molar-refractivity contribution in [1.82, 2.24) is 10.2 Å². The Balaban J connectivity index is 1.46. The van der Waals surface area contributed by atoms with Crippen molar-refractivity contribution < 1.29 is 14.3 Å². The molecule has 29 heavy (non-hydrogen) atoms. The highest BCUT2D eigenvalue weighted by Crippen LogP contribution is 2.38. The summed E-state index contributed by atoms with van der Waals surface area (Å²) in [6.07, 6.45) is -0.101. The molecule has 0 saturated carbocycles. The van der Waals surface area contributed by atoms with Gasteiger partial charge in [-0.25, -0.2) is 0 Å². The number of thiophene rings is 1. The van der Waals surface area contributed by atoms with Crippen LogP contribution in [0, 0.1) is 0 Å². The van der Waals surface area contributed by atoms with E-state index in [4.69, 9.17) is 21.1 Å². The van der Waals surface area contributed by atoms with Crippen LogP contribution in [0.5, 0.6) is 5.75 Å². The van der Waals surface area contributed by atoms with E-state index in [1.807, 2.05) is 24.3 Å². The minimum Gasteiger partial charge on any atom is -0.492 e. The highest BCUT2D eigenvalue weighted by molar-refractivity contribution is 7.21. The second kappa shape index (κ2) is 9.13. The zero-order chi connectivity index (χ0) is 20.2. The molecule has 1 N–H and O–H groups in total. The van der Waals surface area contributed by atoms with Gasteiger partial charge in [-0.15, -0.1) is 11.3 Å². The summed E-state index contributed by atoms with van der Waals surface area (Å²) in [5.41, 5.74) is 0.994. The molecule has 1 amide bonds. The van der Waals surface area contributed by atoms with E-state index in [0.717, 1.165) is 39.4 Å². The predicted molar refractivity (Wildman–Crippen MR) is 117 cm³/mol. The average molecular weight is 431 g/mol. The van der Waals surface area contributed by atoms with Gasteiger partial charge in [0.15, 0.2) is 0 Å². The second-order valence-corrected chi connectivity index (χ2v) is 8.51. The van der Waals surface area contributed by atoms with Crippen molar-refractivity contribution in [2.75, 3.05) is 39.9 Å². The van der Waals surface area contributed by atoms with Gasteiger partial charge in [-0.3, -0.25) is 4.79 Å². The van der Waals surface area contributed by atoms with Gasteiger partial charge in [-0.2, -0.15) is 0 Å². The molecule has 1 aliphatic rings. The van der Waals surface area contributed by atoms with Crippen LogP contribution < -0.4 is 10.1 Å². The third-order valence-electron chi connectivity index (χ3n) is 4.90. The summed E-state index contributed by atoms with van der Waals surface area (Å²) in [5, 5.41) is 4.75. The van der Waals surface area contributed by atoms with E-state index in [1.54, 1.807) is 12.1 Å². The molecule has 0 aliphatic carbocycles. The van der Waals surface area contributed by atoms with Gasteiger partial charge in [0, 0.05) is 28.4 Å². The third-order valence-corrected chi connectivity index (χ3v) is 6.34. The summed E-state index contributed by atoms with van der Waals surface area (Å²) in [4.78, 5) is 15.9. The van der Waals surface area contributed by atoms with Crippen molar-refractivity contribution in [3.05, 3.63) is 64.0 Å². The van der Waals surface area contributed by atoms with E-state index in [1.165, 1.54) is 11.3 Å². The lowest BCUT2D eigenvalue weighted by atomic mass is 10.0. The van der Waals surface area contributed by atoms with Gasteiger partial charge in [-0.05, 0) is 42.8 Å². The molecule has 7 heteroatoms. The van der Waals surface area contributed by atoms with Crippen LogP contribution in [0.3, 0.4) is 0 Å². The fourth-order valence-corrected chi connectivity index (χ4v) is 4.75. The van der Waals surface area contributed by atoms with Gasteiger partial charge in [0.25, 0.3) is 5.91 Å². The van der Waals surface area contributed by atoms with E-state index < -0.39 is 0 Å². The predicted octanol–water partition coefficient (Wildman–Crippen LogP) is 4.37. The normalized spacial score (nSPS) is 17.4. The molecule has 1 saturated heterocycles. The van der Waals surface area contributed by atoms with E-state index in [9.17, 15) is 4.79 Å². The number of nitrogens with one attached hydrogen (secondary N) is 1. The minimum absolute atomic E-state index is 0.0854. The number of morpholine rings is 1. The molecule has 3 aromatic rings. The molecule has 1 fully saturated rings. The fourth-order valence-electron chi connectivity index (χ4n) is 3.45. The Hall–Kier alpha value is -2.12. The van der Waals surface area contributed by atoms with Crippen LogP contribution in [0.25, 0.3) is 10.1 Å². The molecule has 0 bridgehead atoms. The largest absolute Gasteiger partial charge is 0.492 e. The first-order valence-electron chi connectivity index (χ1n) is 9.60. The number of carbonyl (C=O) groups is 1. The summed E-state index contributed by atoms with van der Waals surface area (Å²) in [6, 6.07) is 15.3. The lowest BCUT2D eigenvalue weighted by Gasteiger charge is -2.30. The Morgan fingerprint density at radius 3 is 2.86 bits per heavy atom. The van der Waals surface area contributed by atoms with Crippen molar-refractivity contribution in [2.24, 2.45) is 0 Å². The summed E-state index contributed by atoms with van der Waals surface area (Å²) in [5.74, 6) is 0.641. The van der Waals surface area contributed by atoms with E-state index in [2.05, 4.69) is 29.4 Å². The number of fused-ring (bicyclic) bond motifs is 1. The number of carbonyl (C=O) groups excluding carboxylic acids is 1. The van der Waals surface area contributed by atoms with Crippen LogP contribution in [0.4, 0.5) is 0 Å². The fraction of sp³-hybridized carbons (Fsp3) is 0.318. The molecule has 4 rings (SSSR count). The molecule has 1 atom stereocenters. The van der Waals surface area contributed by atoms with Crippen molar-refractivity contribution in [3.8, 4) is 5.75 Å². The topological polar surface area (TPSA) is 50.8 Å². The van der Waals surface area contributed by atoms with Crippen LogP contribution >= 0.6 is 22.9 Å². The van der Waals surface area contributed by atoms with Crippen molar-refractivity contribution in [3.63, 3.8) is 0 Å².